The van der Waals surface area contributed by atoms with Crippen LogP contribution in [0.1, 0.15) is 26.7 Å². The first-order valence-corrected chi connectivity index (χ1v) is 8.50. The van der Waals surface area contributed by atoms with Gasteiger partial charge in [0, 0.05) is 21.3 Å². The molecule has 1 saturated heterocycles. The summed E-state index contributed by atoms with van der Waals surface area (Å²) in [5.74, 6) is 0. The lowest BCUT2D eigenvalue weighted by Crippen LogP contribution is -2.56. The molecular weight excluding hydrogens is 268 g/mol. The van der Waals surface area contributed by atoms with Gasteiger partial charge in [-0.25, -0.2) is 0 Å². The first kappa shape index (κ1) is 17.0. The van der Waals surface area contributed by atoms with E-state index in [4.69, 9.17) is 27.5 Å². The van der Waals surface area contributed by atoms with Crippen LogP contribution in [0.15, 0.2) is 0 Å². The highest BCUT2D eigenvalue weighted by Crippen LogP contribution is 2.21. The van der Waals surface area contributed by atoms with E-state index >= 15 is 0 Å². The van der Waals surface area contributed by atoms with Crippen molar-refractivity contribution in [3.63, 3.8) is 0 Å². The summed E-state index contributed by atoms with van der Waals surface area (Å²) in [6.07, 6.45) is 1.43. The average Bonchev–Trinajstić information content (AvgIpc) is 3.27. The van der Waals surface area contributed by atoms with Gasteiger partial charge in [-0.15, -0.1) is 0 Å². The van der Waals surface area contributed by atoms with Gasteiger partial charge in [-0.3, -0.25) is 0 Å². The van der Waals surface area contributed by atoms with Gasteiger partial charge in [0.25, 0.3) is 0 Å². The largest absolute Gasteiger partial charge is 0.530 e. The van der Waals surface area contributed by atoms with Gasteiger partial charge in [0.1, 0.15) is 11.8 Å². The normalized spacial score (nSPS) is 22.3. The van der Waals surface area contributed by atoms with Gasteiger partial charge in [-0.05, 0) is 12.8 Å². The zero-order valence-corrected chi connectivity index (χ0v) is 13.5. The molecule has 0 N–H and O–H groups in total. The van der Waals surface area contributed by atoms with E-state index in [0.717, 1.165) is 19.4 Å². The molecule has 0 saturated carbocycles. The van der Waals surface area contributed by atoms with Gasteiger partial charge >= 0.3 is 8.80 Å². The van der Waals surface area contributed by atoms with Crippen LogP contribution in [0.25, 0.3) is 0 Å². The van der Waals surface area contributed by atoms with E-state index in [1.54, 1.807) is 21.3 Å². The van der Waals surface area contributed by atoms with Crippen LogP contribution < -0.4 is 0 Å². The lowest BCUT2D eigenvalue weighted by atomic mass is 10.4. The number of rotatable bonds is 11. The van der Waals surface area contributed by atoms with Crippen molar-refractivity contribution in [3.8, 4) is 0 Å². The van der Waals surface area contributed by atoms with E-state index in [1.807, 2.05) is 13.8 Å². The SMILES string of the molecule is CCC(OCC1CO1)OC(CC)[Si](OC)(OC)OC. The van der Waals surface area contributed by atoms with Gasteiger partial charge in [0.05, 0.1) is 13.2 Å². The second kappa shape index (κ2) is 8.31. The maximum Gasteiger partial charge on any atom is 0.530 e. The third-order valence-corrected chi connectivity index (χ3v) is 6.18. The van der Waals surface area contributed by atoms with Crippen molar-refractivity contribution in [3.05, 3.63) is 0 Å². The molecule has 1 rings (SSSR count). The maximum absolute atomic E-state index is 5.97. The molecule has 1 aliphatic heterocycles. The van der Waals surface area contributed by atoms with E-state index in [2.05, 4.69) is 0 Å². The second-order valence-corrected chi connectivity index (χ2v) is 7.45. The Kier molecular flexibility index (Phi) is 7.44. The second-order valence-electron chi connectivity index (χ2n) is 4.38. The summed E-state index contributed by atoms with van der Waals surface area (Å²) in [7, 11) is 1.97. The number of hydrogen-bond donors (Lipinski definition) is 0. The topological polar surface area (TPSA) is 58.7 Å². The third-order valence-electron chi connectivity index (χ3n) is 3.14. The molecule has 0 aromatic carbocycles. The van der Waals surface area contributed by atoms with Crippen molar-refractivity contribution in [2.45, 2.75) is 44.8 Å². The van der Waals surface area contributed by atoms with Crippen molar-refractivity contribution in [2.24, 2.45) is 0 Å². The Morgan fingerprint density at radius 1 is 1.11 bits per heavy atom. The summed E-state index contributed by atoms with van der Waals surface area (Å²) >= 11 is 0. The molecule has 0 radical (unpaired) electrons. The summed E-state index contributed by atoms with van der Waals surface area (Å²) < 4.78 is 33.2. The minimum Gasteiger partial charge on any atom is -0.375 e. The van der Waals surface area contributed by atoms with Crippen LogP contribution in [0, 0.1) is 0 Å². The zero-order valence-electron chi connectivity index (χ0n) is 12.5. The van der Waals surface area contributed by atoms with Crippen molar-refractivity contribution in [1.29, 1.82) is 0 Å². The smallest absolute Gasteiger partial charge is 0.375 e. The standard InChI is InChI=1S/C12H26O6Si/c1-6-11(17-9-10-8-16-10)18-12(7-2)19(13-3,14-4)15-5/h10-12H,6-9H2,1-5H3. The fourth-order valence-electron chi connectivity index (χ4n) is 1.89. The molecule has 19 heavy (non-hydrogen) atoms. The first-order valence-electron chi connectivity index (χ1n) is 6.69. The van der Waals surface area contributed by atoms with E-state index in [1.165, 1.54) is 0 Å². The van der Waals surface area contributed by atoms with Crippen LogP contribution in [0.2, 0.25) is 0 Å². The van der Waals surface area contributed by atoms with Gasteiger partial charge in [-0.2, -0.15) is 0 Å². The third kappa shape index (κ3) is 4.78. The Morgan fingerprint density at radius 2 is 1.68 bits per heavy atom. The molecule has 1 aliphatic rings. The van der Waals surface area contributed by atoms with Crippen LogP contribution in [0.5, 0.6) is 0 Å². The lowest BCUT2D eigenvalue weighted by molar-refractivity contribution is -0.170. The monoisotopic (exact) mass is 294 g/mol. The number of epoxide rings is 1. The molecule has 0 aromatic rings. The molecule has 0 spiro atoms. The van der Waals surface area contributed by atoms with Crippen molar-refractivity contribution in [1.82, 2.24) is 0 Å². The summed E-state index contributed by atoms with van der Waals surface area (Å²) in [5, 5.41) is 0. The van der Waals surface area contributed by atoms with Gasteiger partial charge in [-0.1, -0.05) is 13.8 Å². The average molecular weight is 294 g/mol. The molecule has 0 bridgehead atoms. The lowest BCUT2D eigenvalue weighted by Gasteiger charge is -2.33. The molecule has 7 heteroatoms. The maximum atomic E-state index is 5.97. The molecule has 3 atom stereocenters. The van der Waals surface area contributed by atoms with Gasteiger partial charge in [0.15, 0.2) is 6.29 Å². The molecule has 3 unspecified atom stereocenters. The number of ether oxygens (including phenoxy) is 3. The fourth-order valence-corrected chi connectivity index (χ4v) is 4.00. The summed E-state index contributed by atoms with van der Waals surface area (Å²) in [6.45, 7) is 5.37. The van der Waals surface area contributed by atoms with Gasteiger partial charge in [0.2, 0.25) is 0 Å². The van der Waals surface area contributed by atoms with Crippen LogP contribution in [0.3, 0.4) is 0 Å². The van der Waals surface area contributed by atoms with E-state index in [-0.39, 0.29) is 18.1 Å². The minimum absolute atomic E-state index is 0.229. The molecular formula is C12H26O6Si. The van der Waals surface area contributed by atoms with Crippen LogP contribution in [0.4, 0.5) is 0 Å². The molecule has 114 valence electrons. The van der Waals surface area contributed by atoms with Crippen molar-refractivity contribution >= 4 is 8.80 Å². The number of hydrogen-bond acceptors (Lipinski definition) is 6. The predicted molar refractivity (Wildman–Crippen MR) is 71.7 cm³/mol. The summed E-state index contributed by atoms with van der Waals surface area (Å²) in [5.41, 5.74) is -0.238. The first-order chi connectivity index (χ1) is 9.15. The molecule has 0 aromatic heterocycles. The molecule has 1 fully saturated rings. The van der Waals surface area contributed by atoms with Crippen LogP contribution in [-0.2, 0) is 27.5 Å². The predicted octanol–water partition coefficient (Wildman–Crippen LogP) is 1.35. The highest BCUT2D eigenvalue weighted by molar-refractivity contribution is 6.62. The van der Waals surface area contributed by atoms with E-state index < -0.39 is 8.80 Å². The zero-order chi connectivity index (χ0) is 14.3. The van der Waals surface area contributed by atoms with Crippen LogP contribution >= 0.6 is 0 Å². The van der Waals surface area contributed by atoms with Crippen molar-refractivity contribution < 1.29 is 27.5 Å². The Balaban J connectivity index is 2.55. The molecule has 0 aliphatic carbocycles. The van der Waals surface area contributed by atoms with E-state index in [9.17, 15) is 0 Å². The summed E-state index contributed by atoms with van der Waals surface area (Å²) in [4.78, 5) is 0. The highest BCUT2D eigenvalue weighted by Gasteiger charge is 2.48. The Labute approximate surface area is 116 Å². The Bertz CT molecular complexity index is 236. The fraction of sp³-hybridized carbons (Fsp3) is 1.00. The minimum atomic E-state index is -2.80. The quantitative estimate of drug-likeness (QED) is 0.326. The highest BCUT2D eigenvalue weighted by atomic mass is 28.4. The summed E-state index contributed by atoms with van der Waals surface area (Å²) in [6, 6.07) is 0. The Hall–Kier alpha value is -0.0231. The van der Waals surface area contributed by atoms with Gasteiger partial charge < -0.3 is 27.5 Å². The van der Waals surface area contributed by atoms with E-state index in [0.29, 0.717) is 6.61 Å². The molecule has 1 heterocycles. The molecule has 0 amide bonds. The molecule has 6 nitrogen and oxygen atoms in total. The van der Waals surface area contributed by atoms with Crippen molar-refractivity contribution in [2.75, 3.05) is 34.5 Å². The van der Waals surface area contributed by atoms with Crippen LogP contribution in [-0.4, -0.2) is 61.5 Å². The Morgan fingerprint density at radius 3 is 2.05 bits per heavy atom.